The van der Waals surface area contributed by atoms with E-state index in [0.717, 1.165) is 6.42 Å². The third kappa shape index (κ3) is 3.77. The molecule has 0 fully saturated rings. The molecular weight excluding hydrogens is 336 g/mol. The Kier molecular flexibility index (Phi) is 5.12. The summed E-state index contributed by atoms with van der Waals surface area (Å²) in [7, 11) is 0. The van der Waals surface area contributed by atoms with E-state index < -0.39 is 0 Å². The minimum Gasteiger partial charge on any atom is -0.0613 e. The van der Waals surface area contributed by atoms with Crippen LogP contribution in [0.1, 0.15) is 23.6 Å². The van der Waals surface area contributed by atoms with Crippen molar-refractivity contribution in [1.29, 1.82) is 0 Å². The molecular formula is C28H26. The van der Waals surface area contributed by atoms with E-state index in [-0.39, 0.29) is 0 Å². The molecule has 4 aromatic carbocycles. The maximum absolute atomic E-state index is 2.34. The molecule has 0 aliphatic rings. The molecule has 0 atom stereocenters. The van der Waals surface area contributed by atoms with Crippen LogP contribution in [0.15, 0.2) is 91.0 Å². The summed E-state index contributed by atoms with van der Waals surface area (Å²) in [6, 6.07) is 33.3. The van der Waals surface area contributed by atoms with E-state index in [1.165, 1.54) is 50.1 Å². The Morgan fingerprint density at radius 3 is 1.36 bits per heavy atom. The molecule has 4 aromatic rings. The van der Waals surface area contributed by atoms with Crippen molar-refractivity contribution in [2.24, 2.45) is 0 Å². The quantitative estimate of drug-likeness (QED) is 0.346. The topological polar surface area (TPSA) is 0 Å². The van der Waals surface area contributed by atoms with Gasteiger partial charge in [0.15, 0.2) is 0 Å². The van der Waals surface area contributed by atoms with Gasteiger partial charge in [0.1, 0.15) is 0 Å². The maximum atomic E-state index is 2.34. The van der Waals surface area contributed by atoms with Crippen LogP contribution < -0.4 is 0 Å². The highest BCUT2D eigenvalue weighted by atomic mass is 14.1. The number of hydrogen-bond acceptors (Lipinski definition) is 0. The summed E-state index contributed by atoms with van der Waals surface area (Å²) < 4.78 is 0. The van der Waals surface area contributed by atoms with Gasteiger partial charge in [0, 0.05) is 0 Å². The smallest absolute Gasteiger partial charge is 0.0152 e. The second-order valence-electron chi connectivity index (χ2n) is 7.53. The molecule has 138 valence electrons. The van der Waals surface area contributed by atoms with Crippen molar-refractivity contribution in [3.05, 3.63) is 108 Å². The molecule has 0 aliphatic carbocycles. The maximum Gasteiger partial charge on any atom is -0.0152 e. The largest absolute Gasteiger partial charge is 0.0613 e. The first kappa shape index (κ1) is 18.3. The predicted octanol–water partition coefficient (Wildman–Crippen LogP) is 7.87. The van der Waals surface area contributed by atoms with Crippen LogP contribution in [0.4, 0.5) is 0 Å². The monoisotopic (exact) mass is 362 g/mol. The Bertz CT molecular complexity index is 1070. The lowest BCUT2D eigenvalue weighted by molar-refractivity contribution is 1.14. The van der Waals surface area contributed by atoms with Crippen molar-refractivity contribution in [1.82, 2.24) is 0 Å². The van der Waals surface area contributed by atoms with Crippen molar-refractivity contribution < 1.29 is 0 Å². The van der Waals surface area contributed by atoms with E-state index in [0.29, 0.717) is 0 Å². The second kappa shape index (κ2) is 7.86. The van der Waals surface area contributed by atoms with Crippen LogP contribution in [-0.4, -0.2) is 0 Å². The fourth-order valence-corrected chi connectivity index (χ4v) is 3.68. The second-order valence-corrected chi connectivity index (χ2v) is 7.53. The SMILES string of the molecule is CCc1cc(-c2ccc(C)cc2)ccc1-c1ccc(-c2ccc(C)cc2)cc1. The third-order valence-electron chi connectivity index (χ3n) is 5.45. The zero-order valence-corrected chi connectivity index (χ0v) is 16.9. The molecule has 0 aromatic heterocycles. The van der Waals surface area contributed by atoms with Crippen molar-refractivity contribution >= 4 is 0 Å². The fraction of sp³-hybridized carbons (Fsp3) is 0.143. The van der Waals surface area contributed by atoms with Gasteiger partial charge in [-0.1, -0.05) is 109 Å². The predicted molar refractivity (Wildman–Crippen MR) is 122 cm³/mol. The van der Waals surface area contributed by atoms with E-state index in [4.69, 9.17) is 0 Å². The van der Waals surface area contributed by atoms with Gasteiger partial charge in [-0.2, -0.15) is 0 Å². The molecule has 0 amide bonds. The molecule has 0 heterocycles. The summed E-state index contributed by atoms with van der Waals surface area (Å²) in [6.07, 6.45) is 1.02. The lowest BCUT2D eigenvalue weighted by Gasteiger charge is -2.12. The molecule has 0 heteroatoms. The number of rotatable bonds is 4. The van der Waals surface area contributed by atoms with E-state index in [9.17, 15) is 0 Å². The first-order valence-electron chi connectivity index (χ1n) is 10.0. The Labute approximate surface area is 168 Å². The highest BCUT2D eigenvalue weighted by Crippen LogP contribution is 2.31. The number of benzene rings is 4. The van der Waals surface area contributed by atoms with E-state index >= 15 is 0 Å². The summed E-state index contributed by atoms with van der Waals surface area (Å²) >= 11 is 0. The average Bonchev–Trinajstić information content (AvgIpc) is 2.74. The molecule has 0 aliphatic heterocycles. The van der Waals surface area contributed by atoms with E-state index in [1.807, 2.05) is 0 Å². The van der Waals surface area contributed by atoms with Crippen LogP contribution in [0.2, 0.25) is 0 Å². The first-order chi connectivity index (χ1) is 13.6. The molecule has 0 radical (unpaired) electrons. The lowest BCUT2D eigenvalue weighted by Crippen LogP contribution is -1.90. The van der Waals surface area contributed by atoms with Gasteiger partial charge < -0.3 is 0 Å². The first-order valence-corrected chi connectivity index (χ1v) is 10.0. The molecule has 0 saturated carbocycles. The minimum atomic E-state index is 1.02. The van der Waals surface area contributed by atoms with Gasteiger partial charge in [-0.25, -0.2) is 0 Å². The molecule has 0 nitrogen and oxygen atoms in total. The van der Waals surface area contributed by atoms with Crippen LogP contribution >= 0.6 is 0 Å². The van der Waals surface area contributed by atoms with Crippen molar-refractivity contribution in [3.63, 3.8) is 0 Å². The highest BCUT2D eigenvalue weighted by Gasteiger charge is 2.07. The van der Waals surface area contributed by atoms with Crippen LogP contribution in [0, 0.1) is 13.8 Å². The molecule has 28 heavy (non-hydrogen) atoms. The van der Waals surface area contributed by atoms with Gasteiger partial charge in [-0.05, 0) is 59.2 Å². The highest BCUT2D eigenvalue weighted by molar-refractivity contribution is 5.76. The van der Waals surface area contributed by atoms with Crippen LogP contribution in [0.25, 0.3) is 33.4 Å². The molecule has 0 unspecified atom stereocenters. The van der Waals surface area contributed by atoms with Gasteiger partial charge in [0.25, 0.3) is 0 Å². The third-order valence-corrected chi connectivity index (χ3v) is 5.45. The Morgan fingerprint density at radius 1 is 0.464 bits per heavy atom. The van der Waals surface area contributed by atoms with Gasteiger partial charge >= 0.3 is 0 Å². The molecule has 0 saturated heterocycles. The Balaban J connectivity index is 1.66. The van der Waals surface area contributed by atoms with Crippen LogP contribution in [-0.2, 0) is 6.42 Å². The van der Waals surface area contributed by atoms with E-state index in [2.05, 4.69) is 112 Å². The summed E-state index contributed by atoms with van der Waals surface area (Å²) in [6.45, 7) is 6.49. The van der Waals surface area contributed by atoms with Crippen molar-refractivity contribution in [2.45, 2.75) is 27.2 Å². The summed E-state index contributed by atoms with van der Waals surface area (Å²) in [5.41, 5.74) is 11.7. The lowest BCUT2D eigenvalue weighted by atomic mass is 9.92. The van der Waals surface area contributed by atoms with Gasteiger partial charge in [-0.15, -0.1) is 0 Å². The number of aryl methyl sites for hydroxylation is 3. The zero-order valence-electron chi connectivity index (χ0n) is 16.9. The summed E-state index contributed by atoms with van der Waals surface area (Å²) in [5, 5.41) is 0. The Hall–Kier alpha value is -3.12. The normalized spacial score (nSPS) is 10.8. The fourth-order valence-electron chi connectivity index (χ4n) is 3.68. The van der Waals surface area contributed by atoms with Crippen LogP contribution in [0.3, 0.4) is 0 Å². The van der Waals surface area contributed by atoms with Crippen molar-refractivity contribution in [2.75, 3.05) is 0 Å². The number of hydrogen-bond donors (Lipinski definition) is 0. The minimum absolute atomic E-state index is 1.02. The average molecular weight is 363 g/mol. The summed E-state index contributed by atoms with van der Waals surface area (Å²) in [4.78, 5) is 0. The van der Waals surface area contributed by atoms with E-state index in [1.54, 1.807) is 0 Å². The molecule has 0 spiro atoms. The Morgan fingerprint density at radius 2 is 0.857 bits per heavy atom. The van der Waals surface area contributed by atoms with Crippen LogP contribution in [0.5, 0.6) is 0 Å². The summed E-state index contributed by atoms with van der Waals surface area (Å²) in [5.74, 6) is 0. The zero-order chi connectivity index (χ0) is 19.5. The molecule has 4 rings (SSSR count). The van der Waals surface area contributed by atoms with Gasteiger partial charge in [0.05, 0.1) is 0 Å². The van der Waals surface area contributed by atoms with Crippen molar-refractivity contribution in [3.8, 4) is 33.4 Å². The van der Waals surface area contributed by atoms with Gasteiger partial charge in [0.2, 0.25) is 0 Å². The molecule has 0 bridgehead atoms. The van der Waals surface area contributed by atoms with Gasteiger partial charge in [-0.3, -0.25) is 0 Å². The molecule has 0 N–H and O–H groups in total. The standard InChI is InChI=1S/C28H26/c1-4-22-19-27(25-11-7-21(3)8-12-25)17-18-28(22)26-15-13-24(14-16-26)23-9-5-20(2)6-10-23/h5-19H,4H2,1-3H3.